The van der Waals surface area contributed by atoms with Crippen LogP contribution in [0.2, 0.25) is 0 Å². The van der Waals surface area contributed by atoms with Gasteiger partial charge in [0.2, 0.25) is 0 Å². The van der Waals surface area contributed by atoms with E-state index in [4.69, 9.17) is 14.4 Å². The SMILES string of the molecule is Brc1ccc(-c2nc(-c3ccc4ccccc4c3)c3oc4ccccc4c3n2)cc1. The molecule has 4 aromatic carbocycles. The van der Waals surface area contributed by atoms with Crippen LogP contribution in [0.15, 0.2) is 99.9 Å². The highest BCUT2D eigenvalue weighted by Crippen LogP contribution is 2.36. The van der Waals surface area contributed by atoms with E-state index in [9.17, 15) is 0 Å². The molecular weight excluding hydrogens is 436 g/mol. The number of furan rings is 1. The molecular formula is C26H15BrN2O. The van der Waals surface area contributed by atoms with Gasteiger partial charge in [0.15, 0.2) is 11.4 Å². The fraction of sp³-hybridized carbons (Fsp3) is 0. The minimum Gasteiger partial charge on any atom is -0.452 e. The molecule has 0 unspecified atom stereocenters. The van der Waals surface area contributed by atoms with Crippen LogP contribution < -0.4 is 0 Å². The molecule has 30 heavy (non-hydrogen) atoms. The summed E-state index contributed by atoms with van der Waals surface area (Å²) in [5.74, 6) is 0.685. The summed E-state index contributed by atoms with van der Waals surface area (Å²) in [6.07, 6.45) is 0. The Morgan fingerprint density at radius 3 is 2.27 bits per heavy atom. The zero-order valence-electron chi connectivity index (χ0n) is 15.8. The van der Waals surface area contributed by atoms with Crippen LogP contribution in [0.5, 0.6) is 0 Å². The number of benzene rings is 4. The third-order valence-electron chi connectivity index (χ3n) is 5.35. The Balaban J connectivity index is 1.69. The molecule has 2 heterocycles. The minimum absolute atomic E-state index is 0.685. The normalized spacial score (nSPS) is 11.5. The molecule has 0 amide bonds. The van der Waals surface area contributed by atoms with Crippen molar-refractivity contribution in [3.8, 4) is 22.6 Å². The van der Waals surface area contributed by atoms with Gasteiger partial charge in [0.05, 0.1) is 0 Å². The summed E-state index contributed by atoms with van der Waals surface area (Å²) in [6.45, 7) is 0. The van der Waals surface area contributed by atoms with Crippen molar-refractivity contribution in [2.75, 3.05) is 0 Å². The van der Waals surface area contributed by atoms with Crippen LogP contribution in [-0.2, 0) is 0 Å². The summed E-state index contributed by atoms with van der Waals surface area (Å²) < 4.78 is 7.25. The molecule has 2 aromatic heterocycles. The zero-order chi connectivity index (χ0) is 20.1. The number of fused-ring (bicyclic) bond motifs is 4. The lowest BCUT2D eigenvalue weighted by molar-refractivity contribution is 0.667. The first-order valence-electron chi connectivity index (χ1n) is 9.71. The summed E-state index contributed by atoms with van der Waals surface area (Å²) in [4.78, 5) is 9.84. The summed E-state index contributed by atoms with van der Waals surface area (Å²) in [5.41, 5.74) is 5.15. The lowest BCUT2D eigenvalue weighted by Gasteiger charge is -2.07. The first kappa shape index (κ1) is 17.4. The molecule has 3 nitrogen and oxygen atoms in total. The fourth-order valence-corrected chi connectivity index (χ4v) is 4.12. The lowest BCUT2D eigenvalue weighted by atomic mass is 10.0. The summed E-state index contributed by atoms with van der Waals surface area (Å²) >= 11 is 3.50. The molecule has 4 heteroatoms. The Morgan fingerprint density at radius 2 is 1.40 bits per heavy atom. The average Bonchev–Trinajstić information content (AvgIpc) is 3.17. The molecule has 0 aliphatic carbocycles. The predicted octanol–water partition coefficient (Wildman–Crippen LogP) is 7.63. The maximum Gasteiger partial charge on any atom is 0.180 e. The fourth-order valence-electron chi connectivity index (χ4n) is 3.85. The van der Waals surface area contributed by atoms with E-state index in [-0.39, 0.29) is 0 Å². The first-order valence-corrected chi connectivity index (χ1v) is 10.5. The van der Waals surface area contributed by atoms with Gasteiger partial charge in [0.1, 0.15) is 16.8 Å². The van der Waals surface area contributed by atoms with E-state index >= 15 is 0 Å². The highest BCUT2D eigenvalue weighted by Gasteiger charge is 2.18. The monoisotopic (exact) mass is 450 g/mol. The topological polar surface area (TPSA) is 38.9 Å². The van der Waals surface area contributed by atoms with Crippen molar-refractivity contribution in [3.05, 3.63) is 95.5 Å². The second-order valence-electron chi connectivity index (χ2n) is 7.24. The van der Waals surface area contributed by atoms with Gasteiger partial charge < -0.3 is 4.42 Å². The molecule has 142 valence electrons. The Labute approximate surface area is 181 Å². The maximum atomic E-state index is 6.23. The van der Waals surface area contributed by atoms with Crippen molar-refractivity contribution in [1.29, 1.82) is 0 Å². The van der Waals surface area contributed by atoms with E-state index in [0.717, 1.165) is 37.8 Å². The molecule has 0 spiro atoms. The number of hydrogen-bond donors (Lipinski definition) is 0. The van der Waals surface area contributed by atoms with E-state index < -0.39 is 0 Å². The molecule has 0 radical (unpaired) electrons. The van der Waals surface area contributed by atoms with Crippen LogP contribution in [0.1, 0.15) is 0 Å². The Morgan fingerprint density at radius 1 is 0.667 bits per heavy atom. The third-order valence-corrected chi connectivity index (χ3v) is 5.87. The van der Waals surface area contributed by atoms with E-state index in [0.29, 0.717) is 11.4 Å². The van der Waals surface area contributed by atoms with Crippen molar-refractivity contribution < 1.29 is 4.42 Å². The zero-order valence-corrected chi connectivity index (χ0v) is 17.4. The van der Waals surface area contributed by atoms with Crippen molar-refractivity contribution >= 4 is 48.8 Å². The standard InChI is InChI=1S/C26H15BrN2O/c27-20-13-11-17(12-14-20)26-28-23(19-10-9-16-5-1-2-6-18(16)15-19)25-24(29-26)21-7-3-4-8-22(21)30-25/h1-15H. The van der Waals surface area contributed by atoms with Gasteiger partial charge in [-0.1, -0.05) is 76.6 Å². The molecule has 0 atom stereocenters. The molecule has 6 aromatic rings. The van der Waals surface area contributed by atoms with Gasteiger partial charge in [-0.05, 0) is 41.1 Å². The maximum absolute atomic E-state index is 6.23. The molecule has 6 rings (SSSR count). The minimum atomic E-state index is 0.685. The van der Waals surface area contributed by atoms with Crippen LogP contribution in [0, 0.1) is 0 Å². The summed E-state index contributed by atoms with van der Waals surface area (Å²) in [6, 6.07) is 30.8. The second-order valence-corrected chi connectivity index (χ2v) is 8.16. The van der Waals surface area contributed by atoms with Crippen LogP contribution in [0.25, 0.3) is 55.5 Å². The van der Waals surface area contributed by atoms with E-state index in [1.807, 2.05) is 48.5 Å². The van der Waals surface area contributed by atoms with Gasteiger partial charge in [-0.25, -0.2) is 9.97 Å². The molecule has 0 bridgehead atoms. The Hall–Kier alpha value is -3.50. The van der Waals surface area contributed by atoms with Crippen LogP contribution in [0.4, 0.5) is 0 Å². The van der Waals surface area contributed by atoms with Crippen LogP contribution >= 0.6 is 15.9 Å². The van der Waals surface area contributed by atoms with Gasteiger partial charge in [-0.2, -0.15) is 0 Å². The third kappa shape index (κ3) is 2.80. The van der Waals surface area contributed by atoms with Crippen molar-refractivity contribution in [2.24, 2.45) is 0 Å². The van der Waals surface area contributed by atoms with Gasteiger partial charge in [-0.3, -0.25) is 0 Å². The second kappa shape index (κ2) is 6.78. The Kier molecular flexibility index (Phi) is 3.93. The Bertz CT molecular complexity index is 1550. The van der Waals surface area contributed by atoms with Crippen LogP contribution in [-0.4, -0.2) is 9.97 Å². The summed E-state index contributed by atoms with van der Waals surface area (Å²) in [5, 5.41) is 3.36. The van der Waals surface area contributed by atoms with Gasteiger partial charge in [0.25, 0.3) is 0 Å². The van der Waals surface area contributed by atoms with Gasteiger partial charge >= 0.3 is 0 Å². The number of hydrogen-bond acceptors (Lipinski definition) is 3. The predicted molar refractivity (Wildman–Crippen MR) is 125 cm³/mol. The molecule has 0 N–H and O–H groups in total. The van der Waals surface area contributed by atoms with Gasteiger partial charge in [0, 0.05) is 21.0 Å². The highest BCUT2D eigenvalue weighted by molar-refractivity contribution is 9.10. The number of rotatable bonds is 2. The van der Waals surface area contributed by atoms with Gasteiger partial charge in [-0.15, -0.1) is 0 Å². The van der Waals surface area contributed by atoms with Crippen molar-refractivity contribution in [1.82, 2.24) is 9.97 Å². The number of aromatic nitrogens is 2. The first-order chi connectivity index (χ1) is 14.8. The smallest absolute Gasteiger partial charge is 0.180 e. The largest absolute Gasteiger partial charge is 0.452 e. The molecule has 0 fully saturated rings. The van der Waals surface area contributed by atoms with E-state index in [2.05, 4.69) is 58.4 Å². The molecule has 0 aliphatic rings. The number of halogens is 1. The quantitative estimate of drug-likeness (QED) is 0.272. The van der Waals surface area contributed by atoms with Crippen molar-refractivity contribution in [3.63, 3.8) is 0 Å². The lowest BCUT2D eigenvalue weighted by Crippen LogP contribution is -1.94. The van der Waals surface area contributed by atoms with E-state index in [1.165, 1.54) is 10.8 Å². The number of para-hydroxylation sites is 1. The van der Waals surface area contributed by atoms with E-state index in [1.54, 1.807) is 0 Å². The van der Waals surface area contributed by atoms with Crippen LogP contribution in [0.3, 0.4) is 0 Å². The molecule has 0 saturated carbocycles. The highest BCUT2D eigenvalue weighted by atomic mass is 79.9. The molecule has 0 aliphatic heterocycles. The molecule has 0 saturated heterocycles. The summed E-state index contributed by atoms with van der Waals surface area (Å²) in [7, 11) is 0. The average molecular weight is 451 g/mol. The van der Waals surface area contributed by atoms with Crippen molar-refractivity contribution in [2.45, 2.75) is 0 Å². The number of nitrogens with zero attached hydrogens (tertiary/aromatic N) is 2.